The van der Waals surface area contributed by atoms with Crippen molar-refractivity contribution in [1.29, 1.82) is 0 Å². The average Bonchev–Trinajstić information content (AvgIpc) is 3.01. The van der Waals surface area contributed by atoms with Gasteiger partial charge >= 0.3 is 0 Å². The van der Waals surface area contributed by atoms with Crippen LogP contribution in [0.25, 0.3) is 27.5 Å². The molecule has 19 heavy (non-hydrogen) atoms. The van der Waals surface area contributed by atoms with Crippen molar-refractivity contribution < 1.29 is 0 Å². The minimum atomic E-state index is 0.849. The van der Waals surface area contributed by atoms with Gasteiger partial charge in [0.05, 0.1) is 17.2 Å². The first-order chi connectivity index (χ1) is 9.22. The number of benzene rings is 1. The molecule has 0 bridgehead atoms. The molecule has 4 aromatic rings. The summed E-state index contributed by atoms with van der Waals surface area (Å²) in [4.78, 5) is 10.1. The largest absolute Gasteiger partial charge is 0.326 e. The molecule has 0 saturated carbocycles. The molecule has 3 aromatic heterocycles. The monoisotopic (exact) mass is 287 g/mol. The van der Waals surface area contributed by atoms with Gasteiger partial charge in [0, 0.05) is 7.05 Å². The predicted molar refractivity (Wildman–Crippen MR) is 79.9 cm³/mol. The first-order valence-corrected chi connectivity index (χ1v) is 7.15. The fraction of sp³-hybridized carbons (Fsp3) is 0.0833. The van der Waals surface area contributed by atoms with Gasteiger partial charge in [-0.25, -0.2) is 14.5 Å². The number of imidazole rings is 2. The Kier molecular flexibility index (Phi) is 2.25. The molecular weight excluding hydrogens is 277 g/mol. The smallest absolute Gasteiger partial charge is 0.213 e. The highest BCUT2D eigenvalue weighted by Gasteiger charge is 2.14. The maximum Gasteiger partial charge on any atom is 0.213 e. The molecular formula is C12H10N5PS. The Bertz CT molecular complexity index is 872. The highest BCUT2D eigenvalue weighted by Crippen LogP contribution is 2.23. The van der Waals surface area contributed by atoms with Crippen molar-refractivity contribution in [3.8, 4) is 11.5 Å². The maximum absolute atomic E-state index is 4.64. The van der Waals surface area contributed by atoms with Crippen LogP contribution in [0.15, 0.2) is 30.5 Å². The molecule has 0 N–H and O–H groups in total. The summed E-state index contributed by atoms with van der Waals surface area (Å²) in [5, 5.41) is 4.34. The quantitative estimate of drug-likeness (QED) is 0.502. The molecule has 4 rings (SSSR count). The van der Waals surface area contributed by atoms with Crippen molar-refractivity contribution in [2.75, 3.05) is 0 Å². The van der Waals surface area contributed by atoms with Gasteiger partial charge in [0.2, 0.25) is 4.96 Å². The van der Waals surface area contributed by atoms with E-state index in [0.717, 1.165) is 32.3 Å². The third-order valence-corrected chi connectivity index (χ3v) is 4.30. The summed E-state index contributed by atoms with van der Waals surface area (Å²) in [5.74, 6) is 0.865. The van der Waals surface area contributed by atoms with Gasteiger partial charge in [-0.05, 0) is 12.1 Å². The van der Waals surface area contributed by atoms with Crippen LogP contribution in [0.5, 0.6) is 0 Å². The van der Waals surface area contributed by atoms with Gasteiger partial charge in [0.15, 0.2) is 5.82 Å². The minimum absolute atomic E-state index is 0.849. The molecule has 0 aliphatic carbocycles. The van der Waals surface area contributed by atoms with E-state index >= 15 is 0 Å². The number of fused-ring (bicyclic) bond motifs is 2. The van der Waals surface area contributed by atoms with Gasteiger partial charge in [0.25, 0.3) is 0 Å². The van der Waals surface area contributed by atoms with E-state index in [9.17, 15) is 0 Å². The fourth-order valence-electron chi connectivity index (χ4n) is 2.20. The molecule has 1 unspecified atom stereocenters. The number of hydrogen-bond acceptors (Lipinski definition) is 4. The van der Waals surface area contributed by atoms with Gasteiger partial charge < -0.3 is 4.57 Å². The predicted octanol–water partition coefficient (Wildman–Crippen LogP) is 1.84. The number of aryl methyl sites for hydroxylation is 1. The molecule has 0 spiro atoms. The Morgan fingerprint density at radius 3 is 2.84 bits per heavy atom. The lowest BCUT2D eigenvalue weighted by Crippen LogP contribution is -1.93. The van der Waals surface area contributed by atoms with E-state index in [1.54, 1.807) is 15.9 Å². The van der Waals surface area contributed by atoms with Crippen LogP contribution in [0.2, 0.25) is 0 Å². The standard InChI is InChI=1S/C12H10N5PS/c1-16-9-5-3-2-4-7(9)13-10(16)8-6-17-11(14-8)19-12(18)15-17/h2-6H,18H2,1H3. The van der Waals surface area contributed by atoms with E-state index in [0.29, 0.717) is 0 Å². The summed E-state index contributed by atoms with van der Waals surface area (Å²) < 4.78 is 4.78. The molecule has 0 radical (unpaired) electrons. The van der Waals surface area contributed by atoms with Crippen molar-refractivity contribution in [2.24, 2.45) is 7.05 Å². The summed E-state index contributed by atoms with van der Waals surface area (Å²) in [5.41, 5.74) is 2.94. The van der Waals surface area contributed by atoms with Crippen LogP contribution in [0.3, 0.4) is 0 Å². The molecule has 5 nitrogen and oxygen atoms in total. The second-order valence-corrected chi connectivity index (χ2v) is 6.23. The number of aromatic nitrogens is 5. The van der Waals surface area contributed by atoms with Crippen LogP contribution in [-0.4, -0.2) is 24.1 Å². The second-order valence-electron chi connectivity index (χ2n) is 4.28. The molecule has 0 aliphatic rings. The molecule has 0 saturated heterocycles. The van der Waals surface area contributed by atoms with E-state index < -0.39 is 0 Å². The van der Waals surface area contributed by atoms with E-state index in [1.807, 2.05) is 31.4 Å². The number of para-hydroxylation sites is 2. The topological polar surface area (TPSA) is 48.0 Å². The Morgan fingerprint density at radius 2 is 2.05 bits per heavy atom. The van der Waals surface area contributed by atoms with Gasteiger partial charge in [-0.3, -0.25) is 0 Å². The molecule has 94 valence electrons. The zero-order chi connectivity index (χ0) is 13.0. The molecule has 1 atom stereocenters. The van der Waals surface area contributed by atoms with Crippen molar-refractivity contribution in [3.05, 3.63) is 30.5 Å². The molecule has 0 aliphatic heterocycles. The minimum Gasteiger partial charge on any atom is -0.326 e. The molecule has 0 amide bonds. The first-order valence-electron chi connectivity index (χ1n) is 5.76. The zero-order valence-electron chi connectivity index (χ0n) is 10.1. The van der Waals surface area contributed by atoms with Crippen molar-refractivity contribution in [3.63, 3.8) is 0 Å². The number of rotatable bonds is 1. The van der Waals surface area contributed by atoms with Crippen molar-refractivity contribution in [1.82, 2.24) is 24.1 Å². The van der Waals surface area contributed by atoms with Crippen molar-refractivity contribution >= 4 is 41.3 Å². The van der Waals surface area contributed by atoms with Gasteiger partial charge in [-0.15, -0.1) is 0 Å². The lowest BCUT2D eigenvalue weighted by atomic mass is 10.3. The van der Waals surface area contributed by atoms with Crippen LogP contribution in [0.4, 0.5) is 0 Å². The van der Waals surface area contributed by atoms with E-state index in [1.165, 1.54) is 0 Å². The zero-order valence-corrected chi connectivity index (χ0v) is 12.1. The summed E-state index contributed by atoms with van der Waals surface area (Å²) >= 11 is 1.55. The van der Waals surface area contributed by atoms with E-state index in [2.05, 4.69) is 34.9 Å². The van der Waals surface area contributed by atoms with E-state index in [-0.39, 0.29) is 0 Å². The summed E-state index contributed by atoms with van der Waals surface area (Å²) in [7, 11) is 4.60. The van der Waals surface area contributed by atoms with Gasteiger partial charge in [-0.2, -0.15) is 5.10 Å². The van der Waals surface area contributed by atoms with Crippen LogP contribution in [-0.2, 0) is 7.05 Å². The Labute approximate surface area is 115 Å². The van der Waals surface area contributed by atoms with E-state index in [4.69, 9.17) is 0 Å². The Morgan fingerprint density at radius 1 is 1.21 bits per heavy atom. The number of hydrogen-bond donors (Lipinski definition) is 0. The van der Waals surface area contributed by atoms with Crippen LogP contribution in [0, 0.1) is 0 Å². The summed E-state index contributed by atoms with van der Waals surface area (Å²) in [6.45, 7) is 0. The fourth-order valence-corrected chi connectivity index (χ4v) is 3.29. The van der Waals surface area contributed by atoms with Crippen LogP contribution >= 0.6 is 20.6 Å². The lowest BCUT2D eigenvalue weighted by Gasteiger charge is -1.97. The van der Waals surface area contributed by atoms with Gasteiger partial charge in [0.1, 0.15) is 10.4 Å². The molecule has 3 heterocycles. The molecule has 0 fully saturated rings. The molecule has 7 heteroatoms. The Hall–Kier alpha value is -1.78. The lowest BCUT2D eigenvalue weighted by molar-refractivity contribution is 0.950. The second kappa shape index (κ2) is 3.85. The summed E-state index contributed by atoms with van der Waals surface area (Å²) in [6, 6.07) is 8.08. The highest BCUT2D eigenvalue weighted by molar-refractivity contribution is 7.44. The molecule has 1 aromatic carbocycles. The van der Waals surface area contributed by atoms with Crippen LogP contribution in [0.1, 0.15) is 0 Å². The Balaban J connectivity index is 1.97. The number of nitrogens with zero attached hydrogens (tertiary/aromatic N) is 5. The average molecular weight is 287 g/mol. The van der Waals surface area contributed by atoms with Crippen LogP contribution < -0.4 is 4.75 Å². The normalized spacial score (nSPS) is 11.7. The SMILES string of the molecule is Cn1c(-c2cn3nc(P)sc3n2)nc2ccccc21. The summed E-state index contributed by atoms with van der Waals surface area (Å²) in [6.07, 6.45) is 1.92. The highest BCUT2D eigenvalue weighted by atomic mass is 32.1. The van der Waals surface area contributed by atoms with Crippen molar-refractivity contribution in [2.45, 2.75) is 0 Å². The maximum atomic E-state index is 4.64. The van der Waals surface area contributed by atoms with Gasteiger partial charge in [-0.1, -0.05) is 32.7 Å². The third kappa shape index (κ3) is 1.60. The first kappa shape index (κ1) is 11.1. The third-order valence-electron chi connectivity index (χ3n) is 3.08.